The third-order valence-electron chi connectivity index (χ3n) is 7.68. The van der Waals surface area contributed by atoms with E-state index in [0.29, 0.717) is 0 Å². The predicted molar refractivity (Wildman–Crippen MR) is 117 cm³/mol. The summed E-state index contributed by atoms with van der Waals surface area (Å²) in [7, 11) is 0. The summed E-state index contributed by atoms with van der Waals surface area (Å²) < 4.78 is 20.3. The van der Waals surface area contributed by atoms with Crippen molar-refractivity contribution in [2.45, 2.75) is 17.5 Å². The molecule has 10 rings (SSSR count). The van der Waals surface area contributed by atoms with Crippen LogP contribution in [0.5, 0.6) is 0 Å². The SMILES string of the molecule is c1ccc([B-]23ON4C5CN6CC4(c4ccccc4)N(O2)C(c2ccccc2)(C6)N5O3)cc1. The van der Waals surface area contributed by atoms with E-state index in [4.69, 9.17) is 14.3 Å². The molecule has 0 spiro atoms. The highest BCUT2D eigenvalue weighted by molar-refractivity contribution is 6.75. The van der Waals surface area contributed by atoms with Crippen LogP contribution in [0.1, 0.15) is 11.1 Å². The lowest BCUT2D eigenvalue weighted by Gasteiger charge is -2.84. The first kappa shape index (κ1) is 17.9. The van der Waals surface area contributed by atoms with Crippen molar-refractivity contribution < 1.29 is 14.3 Å². The Bertz CT molecular complexity index is 1130. The number of nitrogens with zero attached hydrogens (tertiary/aromatic N) is 4. The summed E-state index contributed by atoms with van der Waals surface area (Å²) in [5, 5.41) is 6.50. The second-order valence-corrected chi connectivity index (χ2v) is 9.33. The van der Waals surface area contributed by atoms with Crippen molar-refractivity contribution >= 4 is 12.2 Å². The van der Waals surface area contributed by atoms with Crippen LogP contribution in [0.25, 0.3) is 0 Å². The molecule has 160 valence electrons. The van der Waals surface area contributed by atoms with Crippen molar-refractivity contribution in [2.24, 2.45) is 0 Å². The Labute approximate surface area is 186 Å². The van der Waals surface area contributed by atoms with E-state index < -0.39 is 18.1 Å². The molecule has 0 amide bonds. The van der Waals surface area contributed by atoms with E-state index in [1.165, 1.54) is 0 Å². The summed E-state index contributed by atoms with van der Waals surface area (Å²) in [6.45, 7) is 0.285. The minimum atomic E-state index is -2.18. The van der Waals surface area contributed by atoms with Gasteiger partial charge in [0.2, 0.25) is 0 Å². The van der Waals surface area contributed by atoms with Crippen molar-refractivity contribution in [1.29, 1.82) is 0 Å². The van der Waals surface area contributed by atoms with Gasteiger partial charge in [0.25, 0.3) is 0 Å². The second-order valence-electron chi connectivity index (χ2n) is 9.33. The monoisotopic (exact) mass is 425 g/mol. The highest BCUT2D eigenvalue weighted by Crippen LogP contribution is 2.62. The molecule has 0 aliphatic carbocycles. The molecule has 0 N–H and O–H groups in total. The zero-order valence-electron chi connectivity index (χ0n) is 17.4. The highest BCUT2D eigenvalue weighted by atomic mass is 17.0. The number of rotatable bonds is 3. The molecule has 0 aromatic heterocycles. The maximum atomic E-state index is 6.89. The summed E-state index contributed by atoms with van der Waals surface area (Å²) in [6.07, 6.45) is -0.0447. The maximum Gasteiger partial charge on any atom is 0.457 e. The summed E-state index contributed by atoms with van der Waals surface area (Å²) in [6, 6.07) is 31.2. The van der Waals surface area contributed by atoms with Gasteiger partial charge in [0, 0.05) is 19.6 Å². The van der Waals surface area contributed by atoms with E-state index in [-0.39, 0.29) is 6.17 Å². The topological polar surface area (TPSA) is 40.7 Å². The Morgan fingerprint density at radius 3 is 1.69 bits per heavy atom. The molecular weight excluding hydrogens is 403 g/mol. The number of hydrogen-bond acceptors (Lipinski definition) is 7. The number of piperazine rings is 3. The van der Waals surface area contributed by atoms with Crippen LogP contribution in [-0.4, -0.2) is 52.6 Å². The lowest BCUT2D eigenvalue weighted by Crippen LogP contribution is -2.99. The molecule has 32 heavy (non-hydrogen) atoms. The van der Waals surface area contributed by atoms with E-state index in [0.717, 1.165) is 36.2 Å². The van der Waals surface area contributed by atoms with Crippen LogP contribution in [0.15, 0.2) is 91.0 Å². The van der Waals surface area contributed by atoms with Crippen molar-refractivity contribution in [2.75, 3.05) is 19.6 Å². The Hall–Kier alpha value is -2.56. The van der Waals surface area contributed by atoms with Gasteiger partial charge in [-0.15, -0.1) is 5.46 Å². The average Bonchev–Trinajstić information content (AvgIpc) is 2.88. The van der Waals surface area contributed by atoms with Crippen LogP contribution in [0, 0.1) is 0 Å². The molecule has 7 saturated heterocycles. The van der Waals surface area contributed by atoms with Crippen LogP contribution in [0.2, 0.25) is 0 Å². The summed E-state index contributed by atoms with van der Waals surface area (Å²) in [5.41, 5.74) is 2.08. The van der Waals surface area contributed by atoms with Gasteiger partial charge in [-0.2, -0.15) is 15.2 Å². The molecule has 7 aliphatic heterocycles. The lowest BCUT2D eigenvalue weighted by atomic mass is 9.67. The maximum absolute atomic E-state index is 6.89. The van der Waals surface area contributed by atoms with Gasteiger partial charge in [-0.25, -0.2) is 0 Å². The summed E-state index contributed by atoms with van der Waals surface area (Å²) in [4.78, 5) is 2.51. The Kier molecular flexibility index (Phi) is 3.29. The van der Waals surface area contributed by atoms with Crippen LogP contribution in [-0.2, 0) is 25.6 Å². The van der Waals surface area contributed by atoms with Gasteiger partial charge in [-0.3, -0.25) is 4.90 Å². The molecule has 7 nitrogen and oxygen atoms in total. The van der Waals surface area contributed by atoms with Gasteiger partial charge in [0.15, 0.2) is 11.3 Å². The van der Waals surface area contributed by atoms with Crippen molar-refractivity contribution in [3.8, 4) is 0 Å². The minimum Gasteiger partial charge on any atom is -0.448 e. The standard InChI is InChI=1S/C24H22BN4O3/c1-4-10-19(11-5-1)23-17-26-16-22-27(23)30-25(21-14-8-3-9-15-21)31-28(22)24(18-26,29(23)32-25)20-12-6-2-7-13-20/h1-15,22H,16-18H2/q-1. The lowest BCUT2D eigenvalue weighted by molar-refractivity contribution is -0.583. The first-order valence-corrected chi connectivity index (χ1v) is 11.3. The molecule has 7 aliphatic rings. The molecule has 7 fully saturated rings. The smallest absolute Gasteiger partial charge is 0.448 e. The van der Waals surface area contributed by atoms with Gasteiger partial charge in [0.1, 0.15) is 6.17 Å². The van der Waals surface area contributed by atoms with Crippen molar-refractivity contribution in [1.82, 2.24) is 20.1 Å². The van der Waals surface area contributed by atoms with Gasteiger partial charge in [-0.05, 0) is 11.1 Å². The Morgan fingerprint density at radius 2 is 1.16 bits per heavy atom. The van der Waals surface area contributed by atoms with Crippen LogP contribution >= 0.6 is 0 Å². The molecule has 3 aromatic carbocycles. The molecule has 0 radical (unpaired) electrons. The normalized spacial score (nSPS) is 44.8. The van der Waals surface area contributed by atoms with E-state index in [1.54, 1.807) is 0 Å². The predicted octanol–water partition coefficient (Wildman–Crippen LogP) is 1.94. The Balaban J connectivity index is 1.40. The molecule has 4 atom stereocenters. The first-order valence-electron chi connectivity index (χ1n) is 11.3. The van der Waals surface area contributed by atoms with Crippen molar-refractivity contribution in [3.05, 3.63) is 102 Å². The molecule has 0 saturated carbocycles. The summed E-state index contributed by atoms with van der Waals surface area (Å²) >= 11 is 0. The molecular formula is C24H22BN4O3-. The molecule has 8 heteroatoms. The van der Waals surface area contributed by atoms with Gasteiger partial charge >= 0.3 is 6.75 Å². The quantitative estimate of drug-likeness (QED) is 0.595. The highest BCUT2D eigenvalue weighted by Gasteiger charge is 2.78. The fraction of sp³-hybridized carbons (Fsp3) is 0.250. The largest absolute Gasteiger partial charge is 0.457 e. The minimum absolute atomic E-state index is 0.0447. The van der Waals surface area contributed by atoms with E-state index >= 15 is 0 Å². The van der Waals surface area contributed by atoms with Gasteiger partial charge in [-0.1, -0.05) is 91.0 Å². The van der Waals surface area contributed by atoms with E-state index in [9.17, 15) is 0 Å². The number of hydroxylamine groups is 6. The van der Waals surface area contributed by atoms with Crippen LogP contribution < -0.4 is 5.46 Å². The molecule has 8 bridgehead atoms. The summed E-state index contributed by atoms with van der Waals surface area (Å²) in [5.74, 6) is 0. The molecule has 7 heterocycles. The first-order chi connectivity index (χ1) is 15.8. The number of benzene rings is 3. The molecule has 3 aromatic rings. The third kappa shape index (κ3) is 1.90. The van der Waals surface area contributed by atoms with Crippen LogP contribution in [0.3, 0.4) is 0 Å². The fourth-order valence-corrected chi connectivity index (χ4v) is 6.47. The fourth-order valence-electron chi connectivity index (χ4n) is 6.47. The number of hydrogen-bond donors (Lipinski definition) is 0. The Morgan fingerprint density at radius 1 is 0.656 bits per heavy atom. The van der Waals surface area contributed by atoms with Gasteiger partial charge < -0.3 is 14.3 Å². The zero-order valence-corrected chi connectivity index (χ0v) is 17.4. The average molecular weight is 425 g/mol. The zero-order chi connectivity index (χ0) is 21.0. The third-order valence-corrected chi connectivity index (χ3v) is 7.68. The van der Waals surface area contributed by atoms with Crippen molar-refractivity contribution in [3.63, 3.8) is 0 Å². The van der Waals surface area contributed by atoms with Gasteiger partial charge in [0.05, 0.1) is 0 Å². The van der Waals surface area contributed by atoms with Crippen LogP contribution in [0.4, 0.5) is 0 Å². The van der Waals surface area contributed by atoms with E-state index in [2.05, 4.69) is 80.8 Å². The second kappa shape index (κ2) is 5.86. The van der Waals surface area contributed by atoms with E-state index in [1.807, 2.05) is 30.3 Å². The molecule has 4 unspecified atom stereocenters.